The minimum atomic E-state index is -1.10. The van der Waals surface area contributed by atoms with E-state index in [1.54, 1.807) is 12.1 Å². The van der Waals surface area contributed by atoms with Gasteiger partial charge < -0.3 is 15.5 Å². The Hall–Kier alpha value is -2.82. The molecular weight excluding hydrogens is 270 g/mol. The normalized spacial score (nSPS) is 11.6. The lowest BCUT2D eigenvalue weighted by Gasteiger charge is -2.14. The van der Waals surface area contributed by atoms with Crippen LogP contribution in [-0.4, -0.2) is 28.1 Å². The predicted octanol–water partition coefficient (Wildman–Crippen LogP) is 1.82. The first-order valence-corrected chi connectivity index (χ1v) is 6.43. The molecule has 0 spiro atoms. The Bertz CT molecular complexity index is 640. The van der Waals surface area contributed by atoms with Crippen LogP contribution in [0.1, 0.15) is 15.9 Å². The third-order valence-electron chi connectivity index (χ3n) is 2.99. The van der Waals surface area contributed by atoms with E-state index < -0.39 is 17.9 Å². The van der Waals surface area contributed by atoms with E-state index in [1.807, 2.05) is 18.2 Å². The lowest BCUT2D eigenvalue weighted by Crippen LogP contribution is -2.42. The molecule has 2 rings (SSSR count). The van der Waals surface area contributed by atoms with Crippen molar-refractivity contribution in [1.29, 1.82) is 0 Å². The van der Waals surface area contributed by atoms with Crippen molar-refractivity contribution in [3.05, 3.63) is 65.7 Å². The molecule has 5 heteroatoms. The minimum absolute atomic E-state index is 0.0439. The number of carbonyl (C=O) groups is 2. The maximum absolute atomic E-state index is 12.0. The van der Waals surface area contributed by atoms with Crippen molar-refractivity contribution in [2.24, 2.45) is 0 Å². The first kappa shape index (κ1) is 14.6. The van der Waals surface area contributed by atoms with E-state index in [1.165, 1.54) is 24.3 Å². The fourth-order valence-corrected chi connectivity index (χ4v) is 1.94. The number of nitrogens with one attached hydrogen (secondary N) is 1. The van der Waals surface area contributed by atoms with Crippen molar-refractivity contribution in [3.63, 3.8) is 0 Å². The van der Waals surface area contributed by atoms with E-state index in [2.05, 4.69) is 5.32 Å². The molecule has 0 aromatic heterocycles. The number of aliphatic carboxylic acids is 1. The highest BCUT2D eigenvalue weighted by Gasteiger charge is 2.21. The lowest BCUT2D eigenvalue weighted by molar-refractivity contribution is -0.139. The summed E-state index contributed by atoms with van der Waals surface area (Å²) in [5, 5.41) is 21.0. The number of amides is 1. The van der Waals surface area contributed by atoms with Gasteiger partial charge in [-0.1, -0.05) is 36.4 Å². The second-order valence-corrected chi connectivity index (χ2v) is 4.60. The predicted molar refractivity (Wildman–Crippen MR) is 77.1 cm³/mol. The van der Waals surface area contributed by atoms with Crippen LogP contribution in [-0.2, 0) is 11.2 Å². The molecule has 0 heterocycles. The Morgan fingerprint density at radius 2 is 1.76 bits per heavy atom. The van der Waals surface area contributed by atoms with Crippen molar-refractivity contribution < 1.29 is 19.8 Å². The molecule has 0 aliphatic carbocycles. The van der Waals surface area contributed by atoms with Crippen molar-refractivity contribution in [2.75, 3.05) is 0 Å². The third-order valence-corrected chi connectivity index (χ3v) is 2.99. The molecule has 2 aromatic rings. The number of phenols is 1. The van der Waals surface area contributed by atoms with Crippen LogP contribution in [0.4, 0.5) is 0 Å². The van der Waals surface area contributed by atoms with E-state index >= 15 is 0 Å². The smallest absolute Gasteiger partial charge is 0.326 e. The number of hydrogen-bond acceptors (Lipinski definition) is 3. The van der Waals surface area contributed by atoms with Crippen LogP contribution in [0.15, 0.2) is 54.6 Å². The van der Waals surface area contributed by atoms with Gasteiger partial charge in [-0.3, -0.25) is 4.79 Å². The van der Waals surface area contributed by atoms with Gasteiger partial charge in [0, 0.05) is 12.0 Å². The average molecular weight is 285 g/mol. The monoisotopic (exact) mass is 285 g/mol. The highest BCUT2D eigenvalue weighted by atomic mass is 16.4. The number of carboxylic acid groups (broad SMARTS) is 1. The summed E-state index contributed by atoms with van der Waals surface area (Å²) < 4.78 is 0. The van der Waals surface area contributed by atoms with Crippen LogP contribution in [0, 0.1) is 0 Å². The van der Waals surface area contributed by atoms with E-state index in [-0.39, 0.29) is 17.7 Å². The van der Waals surface area contributed by atoms with Crippen molar-refractivity contribution in [2.45, 2.75) is 12.5 Å². The number of hydrogen-bond donors (Lipinski definition) is 3. The zero-order valence-corrected chi connectivity index (χ0v) is 11.2. The molecule has 0 saturated heterocycles. The summed E-state index contributed by atoms with van der Waals surface area (Å²) in [5.41, 5.74) is 1.04. The summed E-state index contributed by atoms with van der Waals surface area (Å²) in [6, 6.07) is 13.8. The first-order chi connectivity index (χ1) is 10.1. The first-order valence-electron chi connectivity index (χ1n) is 6.43. The van der Waals surface area contributed by atoms with Gasteiger partial charge in [-0.15, -0.1) is 0 Å². The molecule has 0 aliphatic heterocycles. The molecule has 1 amide bonds. The van der Waals surface area contributed by atoms with Crippen LogP contribution in [0.5, 0.6) is 5.75 Å². The maximum Gasteiger partial charge on any atom is 0.326 e. The van der Waals surface area contributed by atoms with Crippen molar-refractivity contribution in [1.82, 2.24) is 5.32 Å². The Morgan fingerprint density at radius 1 is 1.05 bits per heavy atom. The highest BCUT2D eigenvalue weighted by molar-refractivity contribution is 5.96. The van der Waals surface area contributed by atoms with E-state index in [9.17, 15) is 19.8 Å². The molecule has 0 bridgehead atoms. The summed E-state index contributed by atoms with van der Waals surface area (Å²) in [6.07, 6.45) is 0.195. The molecule has 0 saturated carbocycles. The topological polar surface area (TPSA) is 86.6 Å². The van der Waals surface area contributed by atoms with Crippen molar-refractivity contribution in [3.8, 4) is 5.75 Å². The second-order valence-electron chi connectivity index (χ2n) is 4.60. The average Bonchev–Trinajstić information content (AvgIpc) is 2.47. The number of rotatable bonds is 5. The van der Waals surface area contributed by atoms with Gasteiger partial charge in [0.05, 0.1) is 0 Å². The largest absolute Gasteiger partial charge is 0.508 e. The SMILES string of the molecule is O=C(N[C@@H](Cc1ccccc1)C(=O)O)c1cccc(O)c1. The Kier molecular flexibility index (Phi) is 4.56. The highest BCUT2D eigenvalue weighted by Crippen LogP contribution is 2.11. The van der Waals surface area contributed by atoms with Crippen LogP contribution in [0.3, 0.4) is 0 Å². The maximum atomic E-state index is 12.0. The van der Waals surface area contributed by atoms with Crippen molar-refractivity contribution >= 4 is 11.9 Å². The van der Waals surface area contributed by atoms with Crippen LogP contribution >= 0.6 is 0 Å². The van der Waals surface area contributed by atoms with E-state index in [0.29, 0.717) is 0 Å². The molecule has 1 atom stereocenters. The number of aromatic hydroxyl groups is 1. The third kappa shape index (κ3) is 4.07. The Morgan fingerprint density at radius 3 is 2.38 bits per heavy atom. The number of benzene rings is 2. The number of carbonyl (C=O) groups excluding carboxylic acids is 1. The van der Waals surface area contributed by atoms with E-state index in [0.717, 1.165) is 5.56 Å². The molecule has 2 aromatic carbocycles. The zero-order chi connectivity index (χ0) is 15.2. The zero-order valence-electron chi connectivity index (χ0n) is 11.2. The summed E-state index contributed by atoms with van der Waals surface area (Å²) in [5.74, 6) is -1.68. The van der Waals surface area contributed by atoms with Gasteiger partial charge in [0.15, 0.2) is 0 Å². The Labute approximate surface area is 121 Å². The molecule has 21 heavy (non-hydrogen) atoms. The van der Waals surface area contributed by atoms with Gasteiger partial charge in [0.1, 0.15) is 11.8 Å². The lowest BCUT2D eigenvalue weighted by atomic mass is 10.1. The van der Waals surface area contributed by atoms with Gasteiger partial charge in [-0.25, -0.2) is 4.79 Å². The molecule has 0 unspecified atom stereocenters. The number of carboxylic acids is 1. The number of phenolic OH excluding ortho intramolecular Hbond substituents is 1. The summed E-state index contributed by atoms with van der Waals surface area (Å²) in [6.45, 7) is 0. The fraction of sp³-hybridized carbons (Fsp3) is 0.125. The molecule has 3 N–H and O–H groups in total. The molecule has 0 radical (unpaired) electrons. The summed E-state index contributed by atoms with van der Waals surface area (Å²) in [7, 11) is 0. The second kappa shape index (κ2) is 6.56. The van der Waals surface area contributed by atoms with Gasteiger partial charge in [0.2, 0.25) is 0 Å². The van der Waals surface area contributed by atoms with Crippen LogP contribution < -0.4 is 5.32 Å². The summed E-state index contributed by atoms with van der Waals surface area (Å²) in [4.78, 5) is 23.3. The van der Waals surface area contributed by atoms with Crippen LogP contribution in [0.25, 0.3) is 0 Å². The minimum Gasteiger partial charge on any atom is -0.508 e. The quantitative estimate of drug-likeness (QED) is 0.782. The standard InChI is InChI=1S/C16H15NO4/c18-13-8-4-7-12(10-13)15(19)17-14(16(20)21)9-11-5-2-1-3-6-11/h1-8,10,14,18H,9H2,(H,17,19)(H,20,21)/t14-/m0/s1. The fourth-order valence-electron chi connectivity index (χ4n) is 1.94. The molecule has 5 nitrogen and oxygen atoms in total. The Balaban J connectivity index is 2.10. The van der Waals surface area contributed by atoms with Gasteiger partial charge in [-0.2, -0.15) is 0 Å². The van der Waals surface area contributed by atoms with E-state index in [4.69, 9.17) is 0 Å². The van der Waals surface area contributed by atoms with Gasteiger partial charge in [0.25, 0.3) is 5.91 Å². The van der Waals surface area contributed by atoms with Crippen LogP contribution in [0.2, 0.25) is 0 Å². The molecule has 108 valence electrons. The summed E-state index contributed by atoms with van der Waals surface area (Å²) >= 11 is 0. The molecular formula is C16H15NO4. The molecule has 0 aliphatic rings. The molecule has 0 fully saturated rings. The van der Waals surface area contributed by atoms with Gasteiger partial charge >= 0.3 is 5.97 Å². The van der Waals surface area contributed by atoms with Gasteiger partial charge in [-0.05, 0) is 23.8 Å².